The Kier molecular flexibility index (Phi) is 5.10. The molecule has 0 heterocycles. The Bertz CT molecular complexity index is 145. The summed E-state index contributed by atoms with van der Waals surface area (Å²) in [4.78, 5) is 0. The smallest absolute Gasteiger partial charge is 0.0123 e. The normalized spacial score (nSPS) is 18.8. The van der Waals surface area contributed by atoms with Gasteiger partial charge in [0.2, 0.25) is 0 Å². The molecule has 0 bridgehead atoms. The Morgan fingerprint density at radius 2 is 2.00 bits per heavy atom. The summed E-state index contributed by atoms with van der Waals surface area (Å²) in [5.74, 6) is 0.627. The first-order valence-corrected chi connectivity index (χ1v) is 5.73. The average molecular weight is 180 g/mol. The molecule has 0 unspecified atom stereocenters. The highest BCUT2D eigenvalue weighted by molar-refractivity contribution is 5.84. The van der Waals surface area contributed by atoms with Crippen LogP contribution in [0.15, 0.2) is 0 Å². The van der Waals surface area contributed by atoms with E-state index in [1.54, 1.807) is 0 Å². The summed E-state index contributed by atoms with van der Waals surface area (Å²) in [6, 6.07) is 0. The molecule has 1 saturated carbocycles. The minimum absolute atomic E-state index is 0.627. The molecule has 0 amide bonds. The summed E-state index contributed by atoms with van der Waals surface area (Å²) in [7, 11) is 0. The van der Waals surface area contributed by atoms with Gasteiger partial charge in [-0.2, -0.15) is 0 Å². The van der Waals surface area contributed by atoms with Gasteiger partial charge in [0.05, 0.1) is 0 Å². The monoisotopic (exact) mass is 180 g/mol. The Morgan fingerprint density at radius 1 is 1.31 bits per heavy atom. The second kappa shape index (κ2) is 6.17. The standard InChI is InChI=1S/C12H22N/c1-2-3-5-10-12(13)11-8-6-4-7-9-11/h5,11,13H,2-4,6-10H2,1H3. The lowest BCUT2D eigenvalue weighted by Crippen LogP contribution is -2.16. The van der Waals surface area contributed by atoms with Gasteiger partial charge in [-0.1, -0.05) is 39.0 Å². The number of rotatable bonds is 5. The van der Waals surface area contributed by atoms with Crippen LogP contribution in [0.4, 0.5) is 0 Å². The highest BCUT2D eigenvalue weighted by atomic mass is 14.4. The van der Waals surface area contributed by atoms with Crippen molar-refractivity contribution < 1.29 is 0 Å². The fourth-order valence-corrected chi connectivity index (χ4v) is 2.08. The Hall–Kier alpha value is -0.330. The van der Waals surface area contributed by atoms with Gasteiger partial charge in [-0.25, -0.2) is 0 Å². The van der Waals surface area contributed by atoms with E-state index in [0.29, 0.717) is 5.92 Å². The van der Waals surface area contributed by atoms with Crippen LogP contribution >= 0.6 is 0 Å². The molecule has 0 spiro atoms. The number of hydrogen-bond donors (Lipinski definition) is 1. The first kappa shape index (κ1) is 10.7. The van der Waals surface area contributed by atoms with E-state index >= 15 is 0 Å². The summed E-state index contributed by atoms with van der Waals surface area (Å²) < 4.78 is 0. The zero-order valence-electron chi connectivity index (χ0n) is 8.81. The highest BCUT2D eigenvalue weighted by Crippen LogP contribution is 2.25. The first-order chi connectivity index (χ1) is 6.34. The molecular formula is C12H22N. The number of hydrogen-bond acceptors (Lipinski definition) is 1. The molecule has 1 aliphatic carbocycles. The fourth-order valence-electron chi connectivity index (χ4n) is 2.08. The lowest BCUT2D eigenvalue weighted by atomic mass is 9.84. The van der Waals surface area contributed by atoms with Crippen LogP contribution in [0.2, 0.25) is 0 Å². The summed E-state index contributed by atoms with van der Waals surface area (Å²) in [6.07, 6.45) is 12.3. The third-order valence-corrected chi connectivity index (χ3v) is 2.96. The van der Waals surface area contributed by atoms with Crippen LogP contribution in [0.25, 0.3) is 0 Å². The van der Waals surface area contributed by atoms with Crippen LogP contribution in [0.1, 0.15) is 58.3 Å². The van der Waals surface area contributed by atoms with Crippen molar-refractivity contribution in [2.75, 3.05) is 0 Å². The van der Waals surface area contributed by atoms with Crippen molar-refractivity contribution in [1.82, 2.24) is 0 Å². The lowest BCUT2D eigenvalue weighted by Gasteiger charge is -2.22. The molecule has 1 radical (unpaired) electrons. The van der Waals surface area contributed by atoms with Crippen molar-refractivity contribution in [1.29, 1.82) is 5.41 Å². The summed E-state index contributed by atoms with van der Waals surface area (Å²) in [5, 5.41) is 7.93. The van der Waals surface area contributed by atoms with E-state index in [9.17, 15) is 0 Å². The Morgan fingerprint density at radius 3 is 2.62 bits per heavy atom. The zero-order chi connectivity index (χ0) is 9.52. The van der Waals surface area contributed by atoms with Crippen LogP contribution < -0.4 is 0 Å². The van der Waals surface area contributed by atoms with Crippen LogP contribution in [0.3, 0.4) is 0 Å². The van der Waals surface area contributed by atoms with Gasteiger partial charge in [0, 0.05) is 5.71 Å². The molecule has 0 saturated heterocycles. The minimum Gasteiger partial charge on any atom is -0.309 e. The second-order valence-electron chi connectivity index (χ2n) is 4.14. The largest absolute Gasteiger partial charge is 0.309 e. The molecule has 0 aromatic heterocycles. The van der Waals surface area contributed by atoms with E-state index < -0.39 is 0 Å². The molecule has 1 aliphatic rings. The zero-order valence-corrected chi connectivity index (χ0v) is 8.81. The van der Waals surface area contributed by atoms with E-state index in [4.69, 9.17) is 5.41 Å². The predicted octanol–water partition coefficient (Wildman–Crippen LogP) is 3.98. The van der Waals surface area contributed by atoms with E-state index in [-0.39, 0.29) is 0 Å². The molecule has 1 heteroatoms. The van der Waals surface area contributed by atoms with Gasteiger partial charge >= 0.3 is 0 Å². The average Bonchev–Trinajstić information content (AvgIpc) is 2.19. The third-order valence-electron chi connectivity index (χ3n) is 2.96. The number of unbranched alkanes of at least 4 members (excludes halogenated alkanes) is 2. The molecule has 0 aromatic carbocycles. The summed E-state index contributed by atoms with van der Waals surface area (Å²) in [6.45, 7) is 2.20. The molecule has 0 aliphatic heterocycles. The molecule has 1 rings (SSSR count). The minimum atomic E-state index is 0.627. The van der Waals surface area contributed by atoms with Crippen molar-refractivity contribution in [3.8, 4) is 0 Å². The van der Waals surface area contributed by atoms with Crippen LogP contribution in [0, 0.1) is 17.7 Å². The summed E-state index contributed by atoms with van der Waals surface area (Å²) in [5.41, 5.74) is 0.994. The fraction of sp³-hybridized carbons (Fsp3) is 0.833. The maximum Gasteiger partial charge on any atom is 0.0123 e. The van der Waals surface area contributed by atoms with Gasteiger partial charge < -0.3 is 5.41 Å². The Balaban J connectivity index is 2.13. The molecule has 75 valence electrons. The topological polar surface area (TPSA) is 23.9 Å². The molecule has 1 fully saturated rings. The number of nitrogens with one attached hydrogen (secondary N) is 1. The molecule has 1 nitrogen and oxygen atoms in total. The molecule has 13 heavy (non-hydrogen) atoms. The van der Waals surface area contributed by atoms with Gasteiger partial charge in [-0.15, -0.1) is 0 Å². The molecule has 0 atom stereocenters. The van der Waals surface area contributed by atoms with Crippen LogP contribution in [-0.2, 0) is 0 Å². The van der Waals surface area contributed by atoms with Crippen molar-refractivity contribution in [2.24, 2.45) is 5.92 Å². The van der Waals surface area contributed by atoms with Crippen LogP contribution in [0.5, 0.6) is 0 Å². The summed E-state index contributed by atoms with van der Waals surface area (Å²) >= 11 is 0. The maximum absolute atomic E-state index is 7.93. The highest BCUT2D eigenvalue weighted by Gasteiger charge is 2.17. The van der Waals surface area contributed by atoms with Gasteiger partial charge in [-0.3, -0.25) is 0 Å². The van der Waals surface area contributed by atoms with E-state index in [2.05, 4.69) is 13.3 Å². The van der Waals surface area contributed by atoms with Crippen molar-refractivity contribution in [2.45, 2.75) is 58.3 Å². The molecule has 1 N–H and O–H groups in total. The second-order valence-corrected chi connectivity index (χ2v) is 4.14. The van der Waals surface area contributed by atoms with Gasteiger partial charge in [0.15, 0.2) is 0 Å². The van der Waals surface area contributed by atoms with E-state index in [0.717, 1.165) is 12.1 Å². The lowest BCUT2D eigenvalue weighted by molar-refractivity contribution is 0.435. The van der Waals surface area contributed by atoms with E-state index in [1.807, 2.05) is 0 Å². The quantitative estimate of drug-likeness (QED) is 0.489. The SMILES string of the molecule is CCC[CH]CC(=N)C1CCCCC1. The maximum atomic E-state index is 7.93. The molecular weight excluding hydrogens is 158 g/mol. The van der Waals surface area contributed by atoms with E-state index in [1.165, 1.54) is 44.9 Å². The van der Waals surface area contributed by atoms with Crippen molar-refractivity contribution in [3.63, 3.8) is 0 Å². The predicted molar refractivity (Wildman–Crippen MR) is 58.1 cm³/mol. The Labute approximate surface area is 82.4 Å². The first-order valence-electron chi connectivity index (χ1n) is 5.73. The third kappa shape index (κ3) is 3.93. The van der Waals surface area contributed by atoms with Gasteiger partial charge in [0.25, 0.3) is 0 Å². The van der Waals surface area contributed by atoms with Crippen molar-refractivity contribution >= 4 is 5.71 Å². The van der Waals surface area contributed by atoms with Gasteiger partial charge in [-0.05, 0) is 31.6 Å². The molecule has 0 aromatic rings. The van der Waals surface area contributed by atoms with Crippen LogP contribution in [-0.4, -0.2) is 5.71 Å². The van der Waals surface area contributed by atoms with Crippen molar-refractivity contribution in [3.05, 3.63) is 6.42 Å². The van der Waals surface area contributed by atoms with Gasteiger partial charge in [0.1, 0.15) is 0 Å².